The van der Waals surface area contributed by atoms with Gasteiger partial charge < -0.3 is 16.1 Å². The minimum Gasteiger partial charge on any atom is -0.380 e. The van der Waals surface area contributed by atoms with Gasteiger partial charge in [0.1, 0.15) is 11.9 Å². The molecule has 2 aliphatic rings. The Hall–Kier alpha value is -4.32. The third-order valence-corrected chi connectivity index (χ3v) is 7.70. The predicted octanol–water partition coefficient (Wildman–Crippen LogP) is 6.81. The number of hydrogen-bond donors (Lipinski definition) is 4. The molecule has 1 fully saturated rings. The summed E-state index contributed by atoms with van der Waals surface area (Å²) in [7, 11) is 0. The van der Waals surface area contributed by atoms with Gasteiger partial charge in [0.05, 0.1) is 34.9 Å². The fraction of sp³-hybridized carbons (Fsp3) is 0.250. The first kappa shape index (κ1) is 25.6. The van der Waals surface area contributed by atoms with Gasteiger partial charge in [-0.25, -0.2) is 4.39 Å². The Morgan fingerprint density at radius 1 is 1.17 bits per heavy atom. The van der Waals surface area contributed by atoms with Crippen LogP contribution in [-0.4, -0.2) is 22.1 Å². The van der Waals surface area contributed by atoms with Gasteiger partial charge in [-0.3, -0.25) is 9.99 Å². The standard InChI is InChI=1S/C32H31ClFN7/c1-2-24(14-20-6-4-3-5-7-20)37-30-22(17-35)18-36-32-27(30)15-25(16-28(32)33)38-31(21-8-10-23(34)11-9-21)29-19-41(40-39-29)26-12-13-26/h3-11,15-16,18-19,24,26,31,38-40H,2,12-14H2,1H3,(H,36,37)/t24?,31-/m1/s1/i31D. The van der Waals surface area contributed by atoms with E-state index in [2.05, 4.69) is 51.7 Å². The first-order chi connectivity index (χ1) is 20.4. The van der Waals surface area contributed by atoms with Crippen LogP contribution in [0.1, 0.15) is 50.3 Å². The normalized spacial score (nSPS) is 17.2. The van der Waals surface area contributed by atoms with Crippen molar-refractivity contribution in [3.8, 4) is 6.07 Å². The molecule has 1 unspecified atom stereocenters. The Morgan fingerprint density at radius 2 is 1.95 bits per heavy atom. The molecule has 1 aliphatic heterocycles. The molecule has 4 N–H and O–H groups in total. The number of rotatable bonds is 10. The predicted molar refractivity (Wildman–Crippen MR) is 161 cm³/mol. The highest BCUT2D eigenvalue weighted by atomic mass is 35.5. The molecule has 3 aromatic carbocycles. The third kappa shape index (κ3) is 5.92. The number of fused-ring (bicyclic) bond motifs is 1. The third-order valence-electron chi connectivity index (χ3n) is 7.41. The van der Waals surface area contributed by atoms with Crippen molar-refractivity contribution >= 4 is 33.9 Å². The number of anilines is 2. The number of aromatic nitrogens is 1. The molecule has 41 heavy (non-hydrogen) atoms. The maximum Gasteiger partial charge on any atom is 0.123 e. The topological polar surface area (TPSA) is 88.0 Å². The fourth-order valence-corrected chi connectivity index (χ4v) is 5.30. The van der Waals surface area contributed by atoms with E-state index in [1.165, 1.54) is 23.9 Å². The average molecular weight is 569 g/mol. The number of pyridine rings is 1. The number of nitrogens with one attached hydrogen (secondary N) is 4. The van der Waals surface area contributed by atoms with Gasteiger partial charge in [-0.1, -0.05) is 61.0 Å². The van der Waals surface area contributed by atoms with E-state index in [-0.39, 0.29) is 11.9 Å². The monoisotopic (exact) mass is 568 g/mol. The molecule has 4 aromatic rings. The molecule has 2 heterocycles. The minimum atomic E-state index is -1.52. The van der Waals surface area contributed by atoms with Gasteiger partial charge in [-0.05, 0) is 61.1 Å². The van der Waals surface area contributed by atoms with Gasteiger partial charge in [0, 0.05) is 35.6 Å². The van der Waals surface area contributed by atoms with E-state index in [0.717, 1.165) is 25.7 Å². The summed E-state index contributed by atoms with van der Waals surface area (Å²) in [6, 6.07) is 20.9. The van der Waals surface area contributed by atoms with Crippen molar-refractivity contribution in [1.29, 1.82) is 5.26 Å². The largest absolute Gasteiger partial charge is 0.380 e. The summed E-state index contributed by atoms with van der Waals surface area (Å²) in [5, 5.41) is 19.9. The molecule has 0 spiro atoms. The number of hydrazine groups is 2. The Morgan fingerprint density at radius 3 is 2.66 bits per heavy atom. The van der Waals surface area contributed by atoms with Crippen LogP contribution in [0.4, 0.5) is 15.8 Å². The molecular formula is C32H31ClFN7. The highest BCUT2D eigenvalue weighted by Gasteiger charge is 2.32. The van der Waals surface area contributed by atoms with Crippen molar-refractivity contribution in [3.63, 3.8) is 0 Å². The van der Waals surface area contributed by atoms with Crippen LogP contribution in [0.2, 0.25) is 5.02 Å². The van der Waals surface area contributed by atoms with Crippen LogP contribution in [0.25, 0.3) is 10.9 Å². The molecule has 0 bridgehead atoms. The van der Waals surface area contributed by atoms with Gasteiger partial charge in [0.25, 0.3) is 0 Å². The Kier molecular flexibility index (Phi) is 7.29. The van der Waals surface area contributed by atoms with Crippen molar-refractivity contribution in [2.75, 3.05) is 10.6 Å². The van der Waals surface area contributed by atoms with Gasteiger partial charge >= 0.3 is 0 Å². The lowest BCUT2D eigenvalue weighted by molar-refractivity contribution is 0.260. The Bertz CT molecular complexity index is 1670. The van der Waals surface area contributed by atoms with Crippen LogP contribution in [-0.2, 0) is 6.42 Å². The molecular weight excluding hydrogens is 537 g/mol. The minimum absolute atomic E-state index is 0.0577. The smallest absolute Gasteiger partial charge is 0.123 e. The summed E-state index contributed by atoms with van der Waals surface area (Å²) >= 11 is 6.78. The number of nitriles is 1. The highest BCUT2D eigenvalue weighted by molar-refractivity contribution is 6.35. The van der Waals surface area contributed by atoms with E-state index < -0.39 is 6.02 Å². The summed E-state index contributed by atoms with van der Waals surface area (Å²) < 4.78 is 23.5. The van der Waals surface area contributed by atoms with E-state index in [1.807, 2.05) is 35.5 Å². The van der Waals surface area contributed by atoms with Crippen molar-refractivity contribution in [2.24, 2.45) is 0 Å². The van der Waals surface area contributed by atoms with Gasteiger partial charge in [-0.2, -0.15) is 5.26 Å². The molecule has 0 saturated heterocycles. The quantitative estimate of drug-likeness (QED) is 0.167. The number of nitrogens with zero attached hydrogens (tertiary/aromatic N) is 3. The van der Waals surface area contributed by atoms with Crippen molar-refractivity contribution in [3.05, 3.63) is 112 Å². The summed E-state index contributed by atoms with van der Waals surface area (Å²) in [5.41, 5.74) is 10.7. The molecule has 0 radical (unpaired) electrons. The maximum atomic E-state index is 13.9. The lowest BCUT2D eigenvalue weighted by Crippen LogP contribution is -2.38. The van der Waals surface area contributed by atoms with Gasteiger partial charge in [-0.15, -0.1) is 5.53 Å². The second-order valence-corrected chi connectivity index (χ2v) is 10.8. The summed E-state index contributed by atoms with van der Waals surface area (Å²) in [5.74, 6) is -0.382. The van der Waals surface area contributed by atoms with Crippen molar-refractivity contribution in [1.82, 2.24) is 21.0 Å². The number of hydrogen-bond acceptors (Lipinski definition) is 7. The van der Waals surface area contributed by atoms with Crippen molar-refractivity contribution < 1.29 is 5.76 Å². The number of benzene rings is 3. The molecule has 2 atom stereocenters. The molecule has 1 aliphatic carbocycles. The molecule has 9 heteroatoms. The molecule has 7 nitrogen and oxygen atoms in total. The molecule has 1 aromatic heterocycles. The first-order valence-electron chi connectivity index (χ1n) is 14.3. The first-order valence-corrected chi connectivity index (χ1v) is 14.1. The van der Waals surface area contributed by atoms with Crippen LogP contribution in [0.5, 0.6) is 0 Å². The zero-order valence-electron chi connectivity index (χ0n) is 23.6. The molecule has 0 amide bonds. The average Bonchev–Trinajstić information content (AvgIpc) is 3.73. The zero-order valence-corrected chi connectivity index (χ0v) is 23.3. The van der Waals surface area contributed by atoms with Crippen molar-refractivity contribution in [2.45, 2.75) is 50.7 Å². The van der Waals surface area contributed by atoms with E-state index in [1.54, 1.807) is 18.2 Å². The summed E-state index contributed by atoms with van der Waals surface area (Å²) in [4.78, 5) is 4.50. The van der Waals surface area contributed by atoms with Crippen LogP contribution in [0, 0.1) is 17.1 Å². The molecule has 6 rings (SSSR count). The van der Waals surface area contributed by atoms with E-state index in [0.29, 0.717) is 50.2 Å². The Labute approximate surface area is 245 Å². The fourth-order valence-electron chi connectivity index (χ4n) is 5.03. The van der Waals surface area contributed by atoms with Crippen LogP contribution in [0.15, 0.2) is 84.8 Å². The van der Waals surface area contributed by atoms with E-state index >= 15 is 0 Å². The van der Waals surface area contributed by atoms with Crippen LogP contribution >= 0.6 is 11.6 Å². The maximum absolute atomic E-state index is 13.9. The summed E-state index contributed by atoms with van der Waals surface area (Å²) in [6.07, 6.45) is 7.17. The van der Waals surface area contributed by atoms with E-state index in [4.69, 9.17) is 11.6 Å². The SMILES string of the molecule is [2H][C@](Nc1cc(Cl)c2ncc(C#N)c(NC(CC)Cc3ccccc3)c2c1)(C1=CN(C2CC2)NN1)c1ccc(F)cc1. The van der Waals surface area contributed by atoms with Gasteiger partial charge in [0.15, 0.2) is 0 Å². The van der Waals surface area contributed by atoms with Gasteiger partial charge in [0.2, 0.25) is 0 Å². The highest BCUT2D eigenvalue weighted by Crippen LogP contribution is 2.37. The van der Waals surface area contributed by atoms with Crippen LogP contribution in [0.3, 0.4) is 0 Å². The lowest BCUT2D eigenvalue weighted by Gasteiger charge is -2.23. The molecule has 1 saturated carbocycles. The molecule has 208 valence electrons. The second kappa shape index (κ2) is 11.7. The second-order valence-electron chi connectivity index (χ2n) is 10.4. The zero-order chi connectivity index (χ0) is 29.3. The summed E-state index contributed by atoms with van der Waals surface area (Å²) in [6.45, 7) is 2.11. The van der Waals surface area contributed by atoms with Crippen LogP contribution < -0.4 is 21.6 Å². The van der Waals surface area contributed by atoms with E-state index in [9.17, 15) is 11.0 Å². The Balaban J connectivity index is 1.40. The number of halogens is 2. The lowest BCUT2D eigenvalue weighted by atomic mass is 10.0.